The lowest BCUT2D eigenvalue weighted by Gasteiger charge is -2.35. The number of nitriles is 1. The summed E-state index contributed by atoms with van der Waals surface area (Å²) in [6.07, 6.45) is 1.60. The van der Waals surface area contributed by atoms with Gasteiger partial charge in [-0.1, -0.05) is 18.2 Å². The lowest BCUT2D eigenvalue weighted by molar-refractivity contribution is 0.210. The molecular weight excluding hydrogens is 264 g/mol. The van der Waals surface area contributed by atoms with Crippen LogP contribution in [0.3, 0.4) is 0 Å². The molecule has 5 heteroatoms. The van der Waals surface area contributed by atoms with E-state index in [-0.39, 0.29) is 6.03 Å². The minimum atomic E-state index is -0.0379. The van der Waals surface area contributed by atoms with Crippen LogP contribution in [0.5, 0.6) is 0 Å². The van der Waals surface area contributed by atoms with E-state index in [1.54, 1.807) is 29.1 Å². The molecule has 0 aliphatic carbocycles. The molecule has 0 N–H and O–H groups in total. The minimum Gasteiger partial charge on any atom is -0.323 e. The molecule has 2 heterocycles. The molecule has 2 amide bonds. The molecule has 2 aromatic rings. The van der Waals surface area contributed by atoms with E-state index in [0.29, 0.717) is 18.8 Å². The zero-order valence-electron chi connectivity index (χ0n) is 11.7. The summed E-state index contributed by atoms with van der Waals surface area (Å²) in [7, 11) is 1.79. The molecule has 0 atom stereocenters. The van der Waals surface area contributed by atoms with Gasteiger partial charge in [-0.2, -0.15) is 5.26 Å². The van der Waals surface area contributed by atoms with E-state index in [9.17, 15) is 4.79 Å². The number of fused-ring (bicyclic) bond motifs is 1. The van der Waals surface area contributed by atoms with Gasteiger partial charge in [0.1, 0.15) is 11.8 Å². The number of para-hydroxylation sites is 1. The highest BCUT2D eigenvalue weighted by molar-refractivity contribution is 5.94. The average Bonchev–Trinajstić information content (AvgIpc) is 2.52. The number of rotatable bonds is 2. The third kappa shape index (κ3) is 2.43. The summed E-state index contributed by atoms with van der Waals surface area (Å²) < 4.78 is 0. The van der Waals surface area contributed by atoms with E-state index in [1.165, 1.54) is 0 Å². The van der Waals surface area contributed by atoms with Gasteiger partial charge in [-0.05, 0) is 29.3 Å². The van der Waals surface area contributed by atoms with E-state index < -0.39 is 0 Å². The molecule has 0 bridgehead atoms. The molecule has 0 saturated carbocycles. The largest absolute Gasteiger partial charge is 0.324 e. The van der Waals surface area contributed by atoms with Crippen LogP contribution >= 0.6 is 0 Å². The van der Waals surface area contributed by atoms with Gasteiger partial charge in [0, 0.05) is 19.8 Å². The quantitative estimate of drug-likeness (QED) is 0.848. The summed E-state index contributed by atoms with van der Waals surface area (Å²) in [5, 5.41) is 8.92. The number of hydrogen-bond donors (Lipinski definition) is 0. The van der Waals surface area contributed by atoms with Crippen LogP contribution in [-0.2, 0) is 13.1 Å². The molecule has 21 heavy (non-hydrogen) atoms. The first-order valence-electron chi connectivity index (χ1n) is 6.64. The van der Waals surface area contributed by atoms with Gasteiger partial charge in [0.05, 0.1) is 12.2 Å². The van der Waals surface area contributed by atoms with Crippen molar-refractivity contribution in [2.75, 3.05) is 11.9 Å². The molecule has 1 aromatic carbocycles. The van der Waals surface area contributed by atoms with Crippen LogP contribution in [0.1, 0.15) is 16.8 Å². The van der Waals surface area contributed by atoms with Gasteiger partial charge in [-0.25, -0.2) is 9.78 Å². The maximum atomic E-state index is 12.4. The Balaban J connectivity index is 1.97. The lowest BCUT2D eigenvalue weighted by Crippen LogP contribution is -2.44. The highest BCUT2D eigenvalue weighted by Gasteiger charge is 2.27. The maximum absolute atomic E-state index is 12.4. The highest BCUT2D eigenvalue weighted by atomic mass is 16.2. The number of amides is 2. The number of carbonyl (C=O) groups excluding carboxylic acids is 1. The molecule has 0 unspecified atom stereocenters. The van der Waals surface area contributed by atoms with Crippen molar-refractivity contribution in [1.82, 2.24) is 9.88 Å². The second-order valence-corrected chi connectivity index (χ2v) is 5.01. The Morgan fingerprint density at radius 2 is 2.14 bits per heavy atom. The number of carbonyl (C=O) groups is 1. The van der Waals surface area contributed by atoms with Crippen molar-refractivity contribution in [3.63, 3.8) is 0 Å². The summed E-state index contributed by atoms with van der Waals surface area (Å²) in [4.78, 5) is 19.8. The van der Waals surface area contributed by atoms with Crippen molar-refractivity contribution >= 4 is 11.7 Å². The van der Waals surface area contributed by atoms with Gasteiger partial charge in [0.15, 0.2) is 0 Å². The normalized spacial score (nSPS) is 13.8. The smallest absolute Gasteiger partial charge is 0.323 e. The van der Waals surface area contributed by atoms with Crippen LogP contribution in [0.2, 0.25) is 0 Å². The molecule has 104 valence electrons. The molecule has 0 radical (unpaired) electrons. The third-order valence-electron chi connectivity index (χ3n) is 3.53. The SMILES string of the molecule is CN1Cc2ccccc2N(Cc2ccnc(C#N)c2)C1=O. The second kappa shape index (κ2) is 5.25. The van der Waals surface area contributed by atoms with E-state index >= 15 is 0 Å². The second-order valence-electron chi connectivity index (χ2n) is 5.01. The van der Waals surface area contributed by atoms with Crippen LogP contribution in [0.25, 0.3) is 0 Å². The van der Waals surface area contributed by atoms with Crippen molar-refractivity contribution < 1.29 is 4.79 Å². The first kappa shape index (κ1) is 13.1. The van der Waals surface area contributed by atoms with Crippen molar-refractivity contribution in [3.05, 3.63) is 59.4 Å². The fourth-order valence-electron chi connectivity index (χ4n) is 2.51. The topological polar surface area (TPSA) is 60.2 Å². The fourth-order valence-corrected chi connectivity index (χ4v) is 2.51. The van der Waals surface area contributed by atoms with Gasteiger partial charge >= 0.3 is 6.03 Å². The summed E-state index contributed by atoms with van der Waals surface area (Å²) >= 11 is 0. The Kier molecular flexibility index (Phi) is 3.28. The lowest BCUT2D eigenvalue weighted by atomic mass is 10.1. The van der Waals surface area contributed by atoms with Crippen LogP contribution in [-0.4, -0.2) is 23.0 Å². The molecule has 1 aliphatic rings. The van der Waals surface area contributed by atoms with Crippen molar-refractivity contribution in [3.8, 4) is 6.07 Å². The number of hydrogen-bond acceptors (Lipinski definition) is 3. The Morgan fingerprint density at radius 1 is 1.33 bits per heavy atom. The summed E-state index contributed by atoms with van der Waals surface area (Å²) in [5.41, 5.74) is 3.30. The number of urea groups is 1. The van der Waals surface area contributed by atoms with E-state index in [2.05, 4.69) is 4.98 Å². The van der Waals surface area contributed by atoms with E-state index in [1.807, 2.05) is 36.4 Å². The zero-order chi connectivity index (χ0) is 14.8. The zero-order valence-corrected chi connectivity index (χ0v) is 11.7. The third-order valence-corrected chi connectivity index (χ3v) is 3.53. The number of anilines is 1. The predicted molar refractivity (Wildman–Crippen MR) is 78.4 cm³/mol. The van der Waals surface area contributed by atoms with Crippen molar-refractivity contribution in [2.24, 2.45) is 0 Å². The van der Waals surface area contributed by atoms with Crippen molar-refractivity contribution in [2.45, 2.75) is 13.1 Å². The highest BCUT2D eigenvalue weighted by Crippen LogP contribution is 2.29. The molecular formula is C16H14N4O. The molecule has 0 saturated heterocycles. The van der Waals surface area contributed by atoms with E-state index in [0.717, 1.165) is 16.8 Å². The number of benzene rings is 1. The van der Waals surface area contributed by atoms with Gasteiger partial charge < -0.3 is 4.90 Å². The van der Waals surface area contributed by atoms with Gasteiger partial charge in [0.25, 0.3) is 0 Å². The molecule has 0 fully saturated rings. The fraction of sp³-hybridized carbons (Fsp3) is 0.188. The summed E-state index contributed by atoms with van der Waals surface area (Å²) in [5.74, 6) is 0. The Hall–Kier alpha value is -2.87. The number of aromatic nitrogens is 1. The van der Waals surface area contributed by atoms with Crippen LogP contribution in [0.15, 0.2) is 42.6 Å². The van der Waals surface area contributed by atoms with E-state index in [4.69, 9.17) is 5.26 Å². The first-order chi connectivity index (χ1) is 10.2. The summed E-state index contributed by atoms with van der Waals surface area (Å²) in [6.45, 7) is 1.04. The van der Waals surface area contributed by atoms with Gasteiger partial charge in [0.2, 0.25) is 0 Å². The minimum absolute atomic E-state index is 0.0379. The van der Waals surface area contributed by atoms with Gasteiger partial charge in [-0.15, -0.1) is 0 Å². The van der Waals surface area contributed by atoms with Gasteiger partial charge in [-0.3, -0.25) is 4.90 Å². The maximum Gasteiger partial charge on any atom is 0.324 e. The Bertz CT molecular complexity index is 735. The molecule has 3 rings (SSSR count). The van der Waals surface area contributed by atoms with Crippen LogP contribution in [0, 0.1) is 11.3 Å². The van der Waals surface area contributed by atoms with Crippen LogP contribution < -0.4 is 4.90 Å². The van der Waals surface area contributed by atoms with Crippen molar-refractivity contribution in [1.29, 1.82) is 5.26 Å². The predicted octanol–water partition coefficient (Wildman–Crippen LogP) is 2.53. The molecule has 0 spiro atoms. The standard InChI is InChI=1S/C16H14N4O/c1-19-11-13-4-2-3-5-15(13)20(16(19)21)10-12-6-7-18-14(8-12)9-17/h2-8H,10-11H2,1H3. The molecule has 1 aliphatic heterocycles. The average molecular weight is 278 g/mol. The first-order valence-corrected chi connectivity index (χ1v) is 6.64. The molecule has 1 aromatic heterocycles. The number of pyridine rings is 1. The molecule has 5 nitrogen and oxygen atoms in total. The van der Waals surface area contributed by atoms with Crippen LogP contribution in [0.4, 0.5) is 10.5 Å². The summed E-state index contributed by atoms with van der Waals surface area (Å²) in [6, 6.07) is 13.4. The monoisotopic (exact) mass is 278 g/mol. The number of nitrogens with zero attached hydrogens (tertiary/aromatic N) is 4. The Morgan fingerprint density at radius 3 is 2.95 bits per heavy atom. The Labute approximate surface area is 123 Å².